The Morgan fingerprint density at radius 2 is 1.64 bits per heavy atom. The van der Waals surface area contributed by atoms with Crippen LogP contribution in [0.25, 0.3) is 5.57 Å². The average molecular weight is 383 g/mol. The Hall–Kier alpha value is -2.10. The van der Waals surface area contributed by atoms with Crippen molar-refractivity contribution < 1.29 is 9.59 Å². The number of rotatable bonds is 6. The maximum atomic E-state index is 13.4. The lowest BCUT2D eigenvalue weighted by molar-refractivity contribution is -0.137. The molecule has 0 radical (unpaired) electrons. The highest BCUT2D eigenvalue weighted by Gasteiger charge is 2.42. The van der Waals surface area contributed by atoms with Gasteiger partial charge in [0.1, 0.15) is 5.70 Å². The van der Waals surface area contributed by atoms with Gasteiger partial charge in [0.25, 0.3) is 11.8 Å². The highest BCUT2D eigenvalue weighted by molar-refractivity contribution is 6.35. The van der Waals surface area contributed by atoms with Crippen molar-refractivity contribution in [3.63, 3.8) is 0 Å². The zero-order valence-electron chi connectivity index (χ0n) is 18.0. The Balaban J connectivity index is 2.03. The quantitative estimate of drug-likeness (QED) is 0.535. The van der Waals surface area contributed by atoms with Crippen molar-refractivity contribution in [3.05, 3.63) is 40.6 Å². The van der Waals surface area contributed by atoms with Crippen LogP contribution in [0.1, 0.15) is 63.1 Å². The summed E-state index contributed by atoms with van der Waals surface area (Å²) < 4.78 is 0. The second-order valence-corrected chi connectivity index (χ2v) is 8.84. The van der Waals surface area contributed by atoms with Crippen LogP contribution in [0.5, 0.6) is 0 Å². The van der Waals surface area contributed by atoms with Crippen LogP contribution < -0.4 is 0 Å². The molecule has 28 heavy (non-hydrogen) atoms. The van der Waals surface area contributed by atoms with Crippen molar-refractivity contribution in [2.75, 3.05) is 19.6 Å². The van der Waals surface area contributed by atoms with Crippen LogP contribution in [0.2, 0.25) is 0 Å². The number of piperidine rings is 1. The van der Waals surface area contributed by atoms with E-state index in [0.717, 1.165) is 43.5 Å². The predicted molar refractivity (Wildman–Crippen MR) is 114 cm³/mol. The number of benzene rings is 1. The fraction of sp³-hybridized carbons (Fsp3) is 0.583. The van der Waals surface area contributed by atoms with Crippen molar-refractivity contribution in [1.82, 2.24) is 9.80 Å². The molecular weight excluding hydrogens is 348 g/mol. The summed E-state index contributed by atoms with van der Waals surface area (Å²) in [5.41, 5.74) is 4.45. The van der Waals surface area contributed by atoms with E-state index >= 15 is 0 Å². The third kappa shape index (κ3) is 4.01. The molecule has 2 unspecified atom stereocenters. The molecule has 2 amide bonds. The zero-order valence-corrected chi connectivity index (χ0v) is 18.0. The molecular formula is C24H34N2O2. The molecule has 2 aliphatic heterocycles. The lowest BCUT2D eigenvalue weighted by Gasteiger charge is -2.37. The van der Waals surface area contributed by atoms with E-state index in [2.05, 4.69) is 45.6 Å². The molecule has 2 heterocycles. The molecule has 0 spiro atoms. The monoisotopic (exact) mass is 382 g/mol. The molecule has 152 valence electrons. The standard InChI is InChI=1S/C24H34N2O2/c1-6-7-8-11-26-23(27)21(20-10-9-18(4)19(5)13-20)22(24(26)28)25-14-16(2)12-17(3)15-25/h9-10,13,16-17H,6-8,11-12,14-15H2,1-5H3. The number of likely N-dealkylation sites (tertiary alicyclic amines) is 1. The fourth-order valence-electron chi connectivity index (χ4n) is 4.58. The Bertz CT molecular complexity index is 786. The van der Waals surface area contributed by atoms with Crippen LogP contribution >= 0.6 is 0 Å². The largest absolute Gasteiger partial charge is 0.366 e. The van der Waals surface area contributed by atoms with Gasteiger partial charge in [0.05, 0.1) is 5.57 Å². The number of nitrogens with zero attached hydrogens (tertiary/aromatic N) is 2. The van der Waals surface area contributed by atoms with E-state index in [9.17, 15) is 9.59 Å². The first-order valence-electron chi connectivity index (χ1n) is 10.8. The third-order valence-electron chi connectivity index (χ3n) is 6.11. The predicted octanol–water partition coefficient (Wildman–Crippen LogP) is 4.55. The average Bonchev–Trinajstić information content (AvgIpc) is 2.88. The van der Waals surface area contributed by atoms with Gasteiger partial charge in [-0.3, -0.25) is 14.5 Å². The van der Waals surface area contributed by atoms with Gasteiger partial charge >= 0.3 is 0 Å². The molecule has 0 aliphatic carbocycles. The van der Waals surface area contributed by atoms with E-state index in [1.165, 1.54) is 16.9 Å². The molecule has 0 saturated carbocycles. The van der Waals surface area contributed by atoms with Crippen molar-refractivity contribution in [3.8, 4) is 0 Å². The molecule has 1 saturated heterocycles. The van der Waals surface area contributed by atoms with Crippen LogP contribution in [0.4, 0.5) is 0 Å². The smallest absolute Gasteiger partial charge is 0.277 e. The van der Waals surface area contributed by atoms with Crippen LogP contribution in [-0.4, -0.2) is 41.2 Å². The molecule has 3 rings (SSSR count). The van der Waals surface area contributed by atoms with Crippen molar-refractivity contribution in [1.29, 1.82) is 0 Å². The van der Waals surface area contributed by atoms with Crippen molar-refractivity contribution in [2.24, 2.45) is 11.8 Å². The lowest BCUT2D eigenvalue weighted by Crippen LogP contribution is -2.42. The van der Waals surface area contributed by atoms with Gasteiger partial charge < -0.3 is 4.90 Å². The summed E-state index contributed by atoms with van der Waals surface area (Å²) in [4.78, 5) is 30.4. The molecule has 4 nitrogen and oxygen atoms in total. The van der Waals surface area contributed by atoms with Gasteiger partial charge in [-0.2, -0.15) is 0 Å². The lowest BCUT2D eigenvalue weighted by atomic mass is 9.90. The summed E-state index contributed by atoms with van der Waals surface area (Å²) in [6, 6.07) is 6.10. The molecule has 1 aromatic rings. The molecule has 4 heteroatoms. The molecule has 1 fully saturated rings. The van der Waals surface area contributed by atoms with E-state index in [1.807, 2.05) is 12.1 Å². The molecule has 0 aromatic heterocycles. The number of imide groups is 1. The first kappa shape index (κ1) is 20.6. The minimum absolute atomic E-state index is 0.101. The van der Waals surface area contributed by atoms with Crippen LogP contribution in [0, 0.1) is 25.7 Å². The van der Waals surface area contributed by atoms with Gasteiger partial charge in [0, 0.05) is 19.6 Å². The summed E-state index contributed by atoms with van der Waals surface area (Å²) in [6.45, 7) is 12.9. The summed E-state index contributed by atoms with van der Waals surface area (Å²) in [7, 11) is 0. The third-order valence-corrected chi connectivity index (χ3v) is 6.11. The first-order chi connectivity index (χ1) is 13.3. The van der Waals surface area contributed by atoms with Crippen molar-refractivity contribution >= 4 is 17.4 Å². The van der Waals surface area contributed by atoms with Gasteiger partial charge in [-0.15, -0.1) is 0 Å². The van der Waals surface area contributed by atoms with Crippen LogP contribution in [-0.2, 0) is 9.59 Å². The number of hydrogen-bond donors (Lipinski definition) is 0. The van der Waals surface area contributed by atoms with Gasteiger partial charge in [0.2, 0.25) is 0 Å². The number of unbranched alkanes of at least 4 members (excludes halogenated alkanes) is 2. The minimum atomic E-state index is -0.120. The van der Waals surface area contributed by atoms with Crippen LogP contribution in [0.15, 0.2) is 23.9 Å². The number of carbonyl (C=O) groups is 2. The van der Waals surface area contributed by atoms with Gasteiger partial charge in [-0.1, -0.05) is 51.8 Å². The Morgan fingerprint density at radius 3 is 2.25 bits per heavy atom. The highest BCUT2D eigenvalue weighted by atomic mass is 16.2. The van der Waals surface area contributed by atoms with E-state index in [1.54, 1.807) is 0 Å². The number of aryl methyl sites for hydroxylation is 2. The van der Waals surface area contributed by atoms with Gasteiger partial charge in [0.15, 0.2) is 0 Å². The van der Waals surface area contributed by atoms with Gasteiger partial charge in [-0.05, 0) is 55.2 Å². The van der Waals surface area contributed by atoms with E-state index < -0.39 is 0 Å². The zero-order chi connectivity index (χ0) is 20.4. The van der Waals surface area contributed by atoms with E-state index in [0.29, 0.717) is 29.7 Å². The van der Waals surface area contributed by atoms with Gasteiger partial charge in [-0.25, -0.2) is 0 Å². The molecule has 0 N–H and O–H groups in total. The topological polar surface area (TPSA) is 40.6 Å². The first-order valence-corrected chi connectivity index (χ1v) is 10.8. The molecule has 2 atom stereocenters. The highest BCUT2D eigenvalue weighted by Crippen LogP contribution is 2.35. The SMILES string of the molecule is CCCCCN1C(=O)C(c2ccc(C)c(C)c2)=C(N2CC(C)CC(C)C2)C1=O. The second kappa shape index (κ2) is 8.50. The second-order valence-electron chi connectivity index (χ2n) is 8.84. The summed E-state index contributed by atoms with van der Waals surface area (Å²) >= 11 is 0. The minimum Gasteiger partial charge on any atom is -0.366 e. The van der Waals surface area contributed by atoms with Crippen LogP contribution in [0.3, 0.4) is 0 Å². The normalized spacial score (nSPS) is 23.2. The van der Waals surface area contributed by atoms with Crippen molar-refractivity contribution in [2.45, 2.75) is 60.3 Å². The summed E-state index contributed by atoms with van der Waals surface area (Å²) in [5.74, 6) is 0.824. The fourth-order valence-corrected chi connectivity index (χ4v) is 4.58. The Labute approximate surface area is 169 Å². The number of amides is 2. The van der Waals surface area contributed by atoms with E-state index in [-0.39, 0.29) is 11.8 Å². The number of hydrogen-bond acceptors (Lipinski definition) is 3. The summed E-state index contributed by atoms with van der Waals surface area (Å²) in [5, 5.41) is 0. The maximum absolute atomic E-state index is 13.4. The Morgan fingerprint density at radius 1 is 0.964 bits per heavy atom. The molecule has 2 aliphatic rings. The molecule has 1 aromatic carbocycles. The Kier molecular flexibility index (Phi) is 6.26. The number of carbonyl (C=O) groups excluding carboxylic acids is 2. The summed E-state index contributed by atoms with van der Waals surface area (Å²) in [6.07, 6.45) is 4.14. The van der Waals surface area contributed by atoms with E-state index in [4.69, 9.17) is 0 Å². The maximum Gasteiger partial charge on any atom is 0.277 e. The molecule has 0 bridgehead atoms.